The van der Waals surface area contributed by atoms with Crippen LogP contribution in [0.5, 0.6) is 0 Å². The van der Waals surface area contributed by atoms with Crippen molar-refractivity contribution in [1.82, 2.24) is 9.78 Å². The van der Waals surface area contributed by atoms with E-state index in [0.717, 1.165) is 40.8 Å². The fourth-order valence-corrected chi connectivity index (χ4v) is 4.19. The molecule has 0 saturated heterocycles. The average molecular weight is 363 g/mol. The van der Waals surface area contributed by atoms with E-state index in [-0.39, 0.29) is 5.69 Å². The minimum Gasteiger partial charge on any atom is -0.480 e. The molecule has 2 aromatic rings. The quantitative estimate of drug-likeness (QED) is 0.786. The molecule has 0 unspecified atom stereocenters. The van der Waals surface area contributed by atoms with Crippen LogP contribution in [0.3, 0.4) is 0 Å². The lowest BCUT2D eigenvalue weighted by molar-refractivity contribution is -0.137. The maximum Gasteiger partial charge on any atom is 0.341 e. The van der Waals surface area contributed by atoms with Crippen molar-refractivity contribution in [2.75, 3.05) is 12.4 Å². The zero-order valence-corrected chi connectivity index (χ0v) is 14.4. The maximum absolute atomic E-state index is 12.5. The highest BCUT2D eigenvalue weighted by molar-refractivity contribution is 7.17. The summed E-state index contributed by atoms with van der Waals surface area (Å²) in [5, 5.41) is 15.9. The van der Waals surface area contributed by atoms with Gasteiger partial charge in [0.05, 0.1) is 12.7 Å². The number of methoxy groups -OCH3 is 1. The van der Waals surface area contributed by atoms with Gasteiger partial charge in [-0.15, -0.1) is 11.3 Å². The van der Waals surface area contributed by atoms with Gasteiger partial charge in [0.15, 0.2) is 0 Å². The summed E-state index contributed by atoms with van der Waals surface area (Å²) in [5.74, 6) is -2.09. The molecular formula is C16H17N3O5S. The van der Waals surface area contributed by atoms with Crippen molar-refractivity contribution in [1.29, 1.82) is 0 Å². The third-order valence-corrected chi connectivity index (χ3v) is 5.23. The molecule has 0 fully saturated rings. The van der Waals surface area contributed by atoms with Crippen molar-refractivity contribution in [3.63, 3.8) is 0 Å². The molecule has 0 spiro atoms. The second-order valence-corrected chi connectivity index (χ2v) is 6.73. The summed E-state index contributed by atoms with van der Waals surface area (Å²) >= 11 is 1.37. The molecule has 1 aliphatic rings. The van der Waals surface area contributed by atoms with Crippen LogP contribution < -0.4 is 5.32 Å². The molecule has 0 radical (unpaired) electrons. The Balaban J connectivity index is 1.91. The highest BCUT2D eigenvalue weighted by Gasteiger charge is 2.27. The number of carbonyl (C=O) groups excluding carboxylic acids is 2. The van der Waals surface area contributed by atoms with Crippen LogP contribution in [-0.2, 0) is 28.9 Å². The summed E-state index contributed by atoms with van der Waals surface area (Å²) in [7, 11) is 1.31. The Bertz CT molecular complexity index is 839. The number of hydrogen-bond donors (Lipinski definition) is 2. The fraction of sp³-hybridized carbons (Fsp3) is 0.375. The van der Waals surface area contributed by atoms with Gasteiger partial charge in [-0.1, -0.05) is 0 Å². The molecule has 2 aromatic heterocycles. The van der Waals surface area contributed by atoms with Crippen molar-refractivity contribution in [3.8, 4) is 0 Å². The van der Waals surface area contributed by atoms with Gasteiger partial charge in [-0.25, -0.2) is 9.48 Å². The predicted molar refractivity (Wildman–Crippen MR) is 90.1 cm³/mol. The summed E-state index contributed by atoms with van der Waals surface area (Å²) in [6.07, 6.45) is 5.05. The summed E-state index contributed by atoms with van der Waals surface area (Å²) in [6.45, 7) is -0.416. The van der Waals surface area contributed by atoms with Gasteiger partial charge in [0.1, 0.15) is 17.2 Å². The monoisotopic (exact) mass is 363 g/mol. The molecule has 3 rings (SSSR count). The van der Waals surface area contributed by atoms with Crippen LogP contribution in [0.25, 0.3) is 0 Å². The molecule has 0 aliphatic heterocycles. The molecule has 25 heavy (non-hydrogen) atoms. The molecule has 0 aromatic carbocycles. The number of carboxylic acid groups (broad SMARTS) is 1. The van der Waals surface area contributed by atoms with E-state index in [1.54, 1.807) is 0 Å². The minimum atomic E-state index is -1.10. The molecule has 0 bridgehead atoms. The summed E-state index contributed by atoms with van der Waals surface area (Å²) in [5.41, 5.74) is 1.46. The molecule has 2 heterocycles. The van der Waals surface area contributed by atoms with Crippen molar-refractivity contribution >= 4 is 34.2 Å². The second-order valence-electron chi connectivity index (χ2n) is 5.63. The van der Waals surface area contributed by atoms with Gasteiger partial charge in [-0.05, 0) is 37.3 Å². The molecule has 1 aliphatic carbocycles. The van der Waals surface area contributed by atoms with Crippen LogP contribution in [0.4, 0.5) is 5.00 Å². The number of nitrogens with zero attached hydrogens (tertiary/aromatic N) is 2. The number of aliphatic carboxylic acids is 1. The molecule has 8 nitrogen and oxygen atoms in total. The van der Waals surface area contributed by atoms with E-state index in [9.17, 15) is 14.4 Å². The summed E-state index contributed by atoms with van der Waals surface area (Å²) in [6, 6.07) is 1.43. The SMILES string of the molecule is COC(=O)c1c(NC(=O)c2ccnn2CC(=O)O)sc2c1CCCC2. The van der Waals surface area contributed by atoms with E-state index >= 15 is 0 Å². The highest BCUT2D eigenvalue weighted by atomic mass is 32.1. The van der Waals surface area contributed by atoms with Crippen molar-refractivity contribution in [2.45, 2.75) is 32.2 Å². The predicted octanol–water partition coefficient (Wildman–Crippen LogP) is 1.95. The first-order chi connectivity index (χ1) is 12.0. The molecule has 0 atom stereocenters. The Labute approximate surface area is 147 Å². The first-order valence-electron chi connectivity index (χ1n) is 7.79. The van der Waals surface area contributed by atoms with Crippen LogP contribution in [-0.4, -0.2) is 39.8 Å². The normalized spacial score (nSPS) is 13.2. The number of hydrogen-bond acceptors (Lipinski definition) is 6. The van der Waals surface area contributed by atoms with Gasteiger partial charge >= 0.3 is 11.9 Å². The van der Waals surface area contributed by atoms with Gasteiger partial charge < -0.3 is 15.2 Å². The number of carbonyl (C=O) groups is 3. The van der Waals surface area contributed by atoms with Gasteiger partial charge in [0.2, 0.25) is 0 Å². The Morgan fingerprint density at radius 2 is 2.12 bits per heavy atom. The van der Waals surface area contributed by atoms with E-state index in [4.69, 9.17) is 9.84 Å². The Morgan fingerprint density at radius 1 is 1.36 bits per heavy atom. The van der Waals surface area contributed by atoms with E-state index < -0.39 is 24.4 Å². The number of amides is 1. The number of ether oxygens (including phenoxy) is 1. The third-order valence-electron chi connectivity index (χ3n) is 4.02. The number of carboxylic acids is 1. The number of nitrogens with one attached hydrogen (secondary N) is 1. The van der Waals surface area contributed by atoms with Crippen LogP contribution in [0.15, 0.2) is 12.3 Å². The smallest absolute Gasteiger partial charge is 0.341 e. The number of fused-ring (bicyclic) bond motifs is 1. The van der Waals surface area contributed by atoms with Gasteiger partial charge in [-0.3, -0.25) is 9.59 Å². The first-order valence-corrected chi connectivity index (χ1v) is 8.60. The molecule has 0 saturated carbocycles. The maximum atomic E-state index is 12.5. The Morgan fingerprint density at radius 3 is 2.84 bits per heavy atom. The van der Waals surface area contributed by atoms with E-state index in [1.165, 1.54) is 30.7 Å². The topological polar surface area (TPSA) is 111 Å². The lowest BCUT2D eigenvalue weighted by atomic mass is 9.95. The number of anilines is 1. The van der Waals surface area contributed by atoms with Crippen LogP contribution >= 0.6 is 11.3 Å². The molecule has 9 heteroatoms. The third kappa shape index (κ3) is 3.41. The average Bonchev–Trinajstić information content (AvgIpc) is 3.17. The van der Waals surface area contributed by atoms with E-state index in [1.807, 2.05) is 0 Å². The summed E-state index contributed by atoms with van der Waals surface area (Å²) in [4.78, 5) is 36.7. The largest absolute Gasteiger partial charge is 0.480 e. The van der Waals surface area contributed by atoms with Crippen molar-refractivity contribution in [2.24, 2.45) is 0 Å². The standard InChI is InChI=1S/C16H17N3O5S/c1-24-16(23)13-9-4-2-3-5-11(9)25-15(13)18-14(22)10-6-7-17-19(10)8-12(20)21/h6-7H,2-5,8H2,1H3,(H,18,22)(H,20,21). The number of thiophene rings is 1. The number of rotatable bonds is 5. The van der Waals surface area contributed by atoms with Gasteiger partial charge in [-0.2, -0.15) is 5.10 Å². The van der Waals surface area contributed by atoms with Gasteiger partial charge in [0.25, 0.3) is 5.91 Å². The van der Waals surface area contributed by atoms with Gasteiger partial charge in [0, 0.05) is 11.1 Å². The van der Waals surface area contributed by atoms with Crippen LogP contribution in [0, 0.1) is 0 Å². The first kappa shape index (κ1) is 17.2. The lowest BCUT2D eigenvalue weighted by Crippen LogP contribution is -2.21. The Hall–Kier alpha value is -2.68. The van der Waals surface area contributed by atoms with Crippen molar-refractivity contribution in [3.05, 3.63) is 34.0 Å². The van der Waals surface area contributed by atoms with Crippen LogP contribution in [0.2, 0.25) is 0 Å². The number of aromatic nitrogens is 2. The zero-order chi connectivity index (χ0) is 18.0. The van der Waals surface area contributed by atoms with Crippen molar-refractivity contribution < 1.29 is 24.2 Å². The van der Waals surface area contributed by atoms with E-state index in [2.05, 4.69) is 10.4 Å². The minimum absolute atomic E-state index is 0.115. The molecule has 132 valence electrons. The highest BCUT2D eigenvalue weighted by Crippen LogP contribution is 2.38. The number of aryl methyl sites for hydroxylation is 1. The van der Waals surface area contributed by atoms with Crippen LogP contribution in [0.1, 0.15) is 44.1 Å². The molecule has 2 N–H and O–H groups in total. The zero-order valence-electron chi connectivity index (χ0n) is 13.6. The fourth-order valence-electron chi connectivity index (χ4n) is 2.92. The molecular weight excluding hydrogens is 346 g/mol. The lowest BCUT2D eigenvalue weighted by Gasteiger charge is -2.11. The Kier molecular flexibility index (Phi) is 4.84. The van der Waals surface area contributed by atoms with E-state index in [0.29, 0.717) is 10.6 Å². The summed E-state index contributed by atoms with van der Waals surface area (Å²) < 4.78 is 5.97. The number of esters is 1. The molecule has 1 amide bonds. The second kappa shape index (κ2) is 7.06.